The SMILES string of the molecule is CC(C)(C)NS(=O)(=O)CCc1ccc(C(N)=O)cc1. The van der Waals surface area contributed by atoms with Gasteiger partial charge in [-0.2, -0.15) is 0 Å². The minimum Gasteiger partial charge on any atom is -0.366 e. The van der Waals surface area contributed by atoms with Crippen molar-refractivity contribution < 1.29 is 13.2 Å². The molecule has 1 aromatic carbocycles. The summed E-state index contributed by atoms with van der Waals surface area (Å²) in [6.07, 6.45) is 0.393. The summed E-state index contributed by atoms with van der Waals surface area (Å²) in [5, 5.41) is 0. The van der Waals surface area contributed by atoms with Crippen LogP contribution in [0, 0.1) is 0 Å². The van der Waals surface area contributed by atoms with E-state index in [0.717, 1.165) is 5.56 Å². The maximum atomic E-state index is 11.8. The number of rotatable bonds is 5. The van der Waals surface area contributed by atoms with Crippen LogP contribution in [-0.2, 0) is 16.4 Å². The molecule has 5 nitrogen and oxygen atoms in total. The van der Waals surface area contributed by atoms with Gasteiger partial charge in [-0.15, -0.1) is 0 Å². The Morgan fingerprint density at radius 1 is 1.21 bits per heavy atom. The van der Waals surface area contributed by atoms with Gasteiger partial charge in [-0.1, -0.05) is 12.1 Å². The lowest BCUT2D eigenvalue weighted by Gasteiger charge is -2.20. The van der Waals surface area contributed by atoms with Crippen molar-refractivity contribution in [1.82, 2.24) is 4.72 Å². The van der Waals surface area contributed by atoms with E-state index in [1.807, 2.05) is 0 Å². The molecule has 0 atom stereocenters. The first kappa shape index (κ1) is 15.7. The fourth-order valence-corrected chi connectivity index (χ4v) is 3.14. The number of hydrogen-bond donors (Lipinski definition) is 2. The van der Waals surface area contributed by atoms with Gasteiger partial charge in [0.25, 0.3) is 0 Å². The molecule has 1 aromatic rings. The number of sulfonamides is 1. The summed E-state index contributed by atoms with van der Waals surface area (Å²) in [5.74, 6) is -0.478. The molecule has 0 aliphatic rings. The maximum Gasteiger partial charge on any atom is 0.248 e. The van der Waals surface area contributed by atoms with E-state index in [-0.39, 0.29) is 5.75 Å². The molecule has 0 fully saturated rings. The summed E-state index contributed by atoms with van der Waals surface area (Å²) >= 11 is 0. The Labute approximate surface area is 114 Å². The topological polar surface area (TPSA) is 89.3 Å². The number of aryl methyl sites for hydroxylation is 1. The van der Waals surface area contributed by atoms with Crippen LogP contribution in [0.1, 0.15) is 36.7 Å². The van der Waals surface area contributed by atoms with E-state index in [4.69, 9.17) is 5.73 Å². The number of primary amides is 1. The van der Waals surface area contributed by atoms with Crippen LogP contribution >= 0.6 is 0 Å². The van der Waals surface area contributed by atoms with Crippen LogP contribution < -0.4 is 10.5 Å². The van der Waals surface area contributed by atoms with Crippen molar-refractivity contribution in [2.45, 2.75) is 32.7 Å². The summed E-state index contributed by atoms with van der Waals surface area (Å²) in [7, 11) is -3.31. The minimum absolute atomic E-state index is 0.0141. The number of nitrogens with one attached hydrogen (secondary N) is 1. The lowest BCUT2D eigenvalue weighted by atomic mass is 10.1. The fraction of sp³-hybridized carbons (Fsp3) is 0.462. The number of hydrogen-bond acceptors (Lipinski definition) is 3. The highest BCUT2D eigenvalue weighted by Crippen LogP contribution is 2.07. The molecule has 0 radical (unpaired) electrons. The van der Waals surface area contributed by atoms with Crippen molar-refractivity contribution in [3.05, 3.63) is 35.4 Å². The first-order chi connectivity index (χ1) is 8.59. The molecule has 0 saturated carbocycles. The van der Waals surface area contributed by atoms with Crippen LogP contribution in [0.3, 0.4) is 0 Å². The molecule has 6 heteroatoms. The smallest absolute Gasteiger partial charge is 0.248 e. The first-order valence-corrected chi connectivity index (χ1v) is 7.65. The summed E-state index contributed by atoms with van der Waals surface area (Å²) in [6.45, 7) is 5.39. The maximum absolute atomic E-state index is 11.8. The van der Waals surface area contributed by atoms with Crippen molar-refractivity contribution in [1.29, 1.82) is 0 Å². The Hall–Kier alpha value is -1.40. The molecule has 1 amide bonds. The molecule has 0 saturated heterocycles. The monoisotopic (exact) mass is 284 g/mol. The van der Waals surface area contributed by atoms with Gasteiger partial charge in [0.05, 0.1) is 5.75 Å². The van der Waals surface area contributed by atoms with Gasteiger partial charge in [-0.3, -0.25) is 4.79 Å². The first-order valence-electron chi connectivity index (χ1n) is 5.99. The van der Waals surface area contributed by atoms with E-state index in [1.165, 1.54) is 0 Å². The molecule has 3 N–H and O–H groups in total. The Morgan fingerprint density at radius 3 is 2.16 bits per heavy atom. The zero-order valence-electron chi connectivity index (χ0n) is 11.4. The lowest BCUT2D eigenvalue weighted by molar-refractivity contribution is 0.100. The normalized spacial score (nSPS) is 12.4. The van der Waals surface area contributed by atoms with Gasteiger partial charge in [0.1, 0.15) is 0 Å². The summed E-state index contributed by atoms with van der Waals surface area (Å²) in [4.78, 5) is 10.9. The number of benzene rings is 1. The van der Waals surface area contributed by atoms with E-state index in [0.29, 0.717) is 12.0 Å². The number of carbonyl (C=O) groups is 1. The molecular formula is C13H20N2O3S. The third-order valence-corrected chi connectivity index (χ3v) is 4.02. The van der Waals surface area contributed by atoms with Crippen molar-refractivity contribution >= 4 is 15.9 Å². The highest BCUT2D eigenvalue weighted by atomic mass is 32.2. The van der Waals surface area contributed by atoms with E-state index < -0.39 is 21.5 Å². The Balaban J connectivity index is 2.64. The van der Waals surface area contributed by atoms with Crippen LogP contribution in [0.5, 0.6) is 0 Å². The molecule has 0 heterocycles. The Bertz CT molecular complexity index is 542. The van der Waals surface area contributed by atoms with Crippen molar-refractivity contribution in [3.8, 4) is 0 Å². The minimum atomic E-state index is -3.31. The van der Waals surface area contributed by atoms with Gasteiger partial charge in [0.2, 0.25) is 15.9 Å². The molecule has 0 aromatic heterocycles. The second-order valence-corrected chi connectivity index (χ2v) is 7.32. The van der Waals surface area contributed by atoms with Crippen LogP contribution in [0.25, 0.3) is 0 Å². The Morgan fingerprint density at radius 2 is 1.74 bits per heavy atom. The van der Waals surface area contributed by atoms with Gasteiger partial charge in [0.15, 0.2) is 0 Å². The molecule has 0 aliphatic heterocycles. The van der Waals surface area contributed by atoms with Crippen molar-refractivity contribution in [2.75, 3.05) is 5.75 Å². The highest BCUT2D eigenvalue weighted by molar-refractivity contribution is 7.89. The summed E-state index contributed by atoms with van der Waals surface area (Å²) in [5.41, 5.74) is 5.92. The summed E-state index contributed by atoms with van der Waals surface area (Å²) < 4.78 is 26.2. The van der Waals surface area contributed by atoms with Gasteiger partial charge >= 0.3 is 0 Å². The van der Waals surface area contributed by atoms with E-state index in [9.17, 15) is 13.2 Å². The highest BCUT2D eigenvalue weighted by Gasteiger charge is 2.19. The average molecular weight is 284 g/mol. The fourth-order valence-electron chi connectivity index (χ4n) is 1.61. The number of amides is 1. The predicted octanol–water partition coefficient (Wildman–Crippen LogP) is 1.05. The lowest BCUT2D eigenvalue weighted by Crippen LogP contribution is -2.42. The predicted molar refractivity (Wildman–Crippen MR) is 75.3 cm³/mol. The molecule has 19 heavy (non-hydrogen) atoms. The molecule has 0 spiro atoms. The second-order valence-electron chi connectivity index (χ2n) is 5.48. The molecule has 0 bridgehead atoms. The van der Waals surface area contributed by atoms with Crippen LogP contribution in [0.4, 0.5) is 0 Å². The average Bonchev–Trinajstić information content (AvgIpc) is 2.24. The molecular weight excluding hydrogens is 264 g/mol. The van der Waals surface area contributed by atoms with E-state index in [1.54, 1.807) is 45.0 Å². The largest absolute Gasteiger partial charge is 0.366 e. The molecule has 0 unspecified atom stereocenters. The number of nitrogens with two attached hydrogens (primary N) is 1. The molecule has 106 valence electrons. The third-order valence-electron chi connectivity index (χ3n) is 2.36. The van der Waals surface area contributed by atoms with E-state index in [2.05, 4.69) is 4.72 Å². The van der Waals surface area contributed by atoms with E-state index >= 15 is 0 Å². The van der Waals surface area contributed by atoms with Crippen molar-refractivity contribution in [2.24, 2.45) is 5.73 Å². The number of carbonyl (C=O) groups excluding carboxylic acids is 1. The van der Waals surface area contributed by atoms with Gasteiger partial charge in [0, 0.05) is 11.1 Å². The van der Waals surface area contributed by atoms with Gasteiger partial charge in [-0.05, 0) is 44.9 Å². The molecule has 1 rings (SSSR count). The van der Waals surface area contributed by atoms with Crippen LogP contribution in [0.2, 0.25) is 0 Å². The standard InChI is InChI=1S/C13H20N2O3S/c1-13(2,3)15-19(17,18)9-8-10-4-6-11(7-5-10)12(14)16/h4-7,15H,8-9H2,1-3H3,(H2,14,16). The van der Waals surface area contributed by atoms with Crippen molar-refractivity contribution in [3.63, 3.8) is 0 Å². The third kappa shape index (κ3) is 5.85. The zero-order valence-corrected chi connectivity index (χ0v) is 12.3. The molecule has 0 aliphatic carbocycles. The van der Waals surface area contributed by atoms with Crippen LogP contribution in [0.15, 0.2) is 24.3 Å². The van der Waals surface area contributed by atoms with Gasteiger partial charge in [-0.25, -0.2) is 13.1 Å². The Kier molecular flexibility index (Phi) is 4.70. The van der Waals surface area contributed by atoms with Crippen LogP contribution in [-0.4, -0.2) is 25.6 Å². The summed E-state index contributed by atoms with van der Waals surface area (Å²) in [6, 6.07) is 6.63. The van der Waals surface area contributed by atoms with Gasteiger partial charge < -0.3 is 5.73 Å². The quantitative estimate of drug-likeness (QED) is 0.846. The second kappa shape index (κ2) is 5.71. The zero-order chi connectivity index (χ0) is 14.7.